The van der Waals surface area contributed by atoms with Crippen molar-refractivity contribution in [1.29, 1.82) is 0 Å². The van der Waals surface area contributed by atoms with Gasteiger partial charge in [0.15, 0.2) is 11.7 Å². The molecule has 2 N–H and O–H groups in total. The molecular formula is C29H32N4O4S. The standard InChI is InChI=1S/C29H32N4O4S/c1-5-35-27(34)18-36-23-12-13-26-24(15-23)25(16-29(4,37-26)21-7-6-14-30-17-21)32-33-28(38)31-22-10-8-20(9-11-22)19(2)3/h6-15,17,19H,5,16,18H2,1-4H3,(H2,31,33,38)/b32-25+. The zero-order valence-electron chi connectivity index (χ0n) is 22.0. The zero-order chi connectivity index (χ0) is 27.1. The summed E-state index contributed by atoms with van der Waals surface area (Å²) in [5.41, 5.74) is 6.79. The predicted molar refractivity (Wildman–Crippen MR) is 152 cm³/mol. The molecule has 38 heavy (non-hydrogen) atoms. The fraction of sp³-hybridized carbons (Fsp3) is 0.310. The van der Waals surface area contributed by atoms with E-state index in [1.54, 1.807) is 31.5 Å². The van der Waals surface area contributed by atoms with Crippen LogP contribution in [0.3, 0.4) is 0 Å². The highest BCUT2D eigenvalue weighted by atomic mass is 32.1. The van der Waals surface area contributed by atoms with Crippen LogP contribution in [-0.4, -0.2) is 35.0 Å². The molecule has 0 bridgehead atoms. The number of thiocarbonyl (C=S) groups is 1. The molecule has 1 atom stereocenters. The Morgan fingerprint density at radius 3 is 2.68 bits per heavy atom. The minimum absolute atomic E-state index is 0.185. The van der Waals surface area contributed by atoms with Gasteiger partial charge in [-0.15, -0.1) is 0 Å². The molecule has 0 amide bonds. The van der Waals surface area contributed by atoms with Crippen molar-refractivity contribution in [3.63, 3.8) is 0 Å². The van der Waals surface area contributed by atoms with Crippen LogP contribution in [0.2, 0.25) is 0 Å². The van der Waals surface area contributed by atoms with Gasteiger partial charge in [-0.05, 0) is 73.9 Å². The van der Waals surface area contributed by atoms with E-state index in [9.17, 15) is 4.79 Å². The van der Waals surface area contributed by atoms with Gasteiger partial charge < -0.3 is 19.5 Å². The van der Waals surface area contributed by atoms with Gasteiger partial charge in [-0.25, -0.2) is 4.79 Å². The maximum atomic E-state index is 11.8. The Morgan fingerprint density at radius 1 is 1.21 bits per heavy atom. The van der Waals surface area contributed by atoms with E-state index in [4.69, 9.17) is 26.4 Å². The quantitative estimate of drug-likeness (QED) is 0.222. The number of aromatic nitrogens is 1. The molecule has 3 aromatic rings. The van der Waals surface area contributed by atoms with Crippen LogP contribution in [0.5, 0.6) is 11.5 Å². The molecule has 1 aromatic heterocycles. The van der Waals surface area contributed by atoms with E-state index in [1.165, 1.54) is 5.56 Å². The number of pyridine rings is 1. The Morgan fingerprint density at radius 2 is 2.00 bits per heavy atom. The van der Waals surface area contributed by atoms with E-state index in [0.717, 1.165) is 22.5 Å². The minimum atomic E-state index is -0.698. The lowest BCUT2D eigenvalue weighted by Gasteiger charge is -2.36. The third kappa shape index (κ3) is 6.66. The first kappa shape index (κ1) is 27.1. The number of anilines is 1. The normalized spacial score (nSPS) is 17.3. The Labute approximate surface area is 228 Å². The molecule has 2 heterocycles. The number of benzene rings is 2. The number of hydrogen-bond donors (Lipinski definition) is 2. The molecule has 0 fully saturated rings. The molecule has 0 saturated carbocycles. The fourth-order valence-electron chi connectivity index (χ4n) is 4.12. The molecule has 0 saturated heterocycles. The average Bonchev–Trinajstić information content (AvgIpc) is 2.91. The lowest BCUT2D eigenvalue weighted by Crippen LogP contribution is -2.38. The monoisotopic (exact) mass is 532 g/mol. The molecule has 198 valence electrons. The molecule has 4 rings (SSSR count). The van der Waals surface area contributed by atoms with Gasteiger partial charge in [0.2, 0.25) is 0 Å². The predicted octanol–water partition coefficient (Wildman–Crippen LogP) is 5.54. The van der Waals surface area contributed by atoms with Crippen LogP contribution in [0.15, 0.2) is 72.1 Å². The Hall–Kier alpha value is -3.98. The van der Waals surface area contributed by atoms with Gasteiger partial charge in [0.25, 0.3) is 0 Å². The molecule has 1 unspecified atom stereocenters. The number of carbonyl (C=O) groups is 1. The second kappa shape index (κ2) is 12.0. The molecular weight excluding hydrogens is 500 g/mol. The summed E-state index contributed by atoms with van der Waals surface area (Å²) in [6.07, 6.45) is 3.97. The molecule has 0 radical (unpaired) electrons. The largest absolute Gasteiger partial charge is 0.482 e. The van der Waals surface area contributed by atoms with Crippen LogP contribution in [0.1, 0.15) is 56.7 Å². The van der Waals surface area contributed by atoms with Gasteiger partial charge in [0.1, 0.15) is 17.1 Å². The summed E-state index contributed by atoms with van der Waals surface area (Å²) in [7, 11) is 0. The van der Waals surface area contributed by atoms with E-state index < -0.39 is 11.6 Å². The summed E-state index contributed by atoms with van der Waals surface area (Å²) in [4.78, 5) is 16.0. The smallest absolute Gasteiger partial charge is 0.344 e. The lowest BCUT2D eigenvalue weighted by molar-refractivity contribution is -0.145. The molecule has 1 aliphatic rings. The topological polar surface area (TPSA) is 94.1 Å². The Balaban J connectivity index is 1.57. The van der Waals surface area contributed by atoms with Crippen LogP contribution in [0.25, 0.3) is 0 Å². The third-order valence-corrected chi connectivity index (χ3v) is 6.36. The maximum Gasteiger partial charge on any atom is 0.344 e. The maximum absolute atomic E-state index is 11.8. The number of hydrogen-bond acceptors (Lipinski definition) is 7. The van der Waals surface area contributed by atoms with Crippen LogP contribution >= 0.6 is 12.2 Å². The average molecular weight is 533 g/mol. The Kier molecular flexibility index (Phi) is 8.58. The van der Waals surface area contributed by atoms with Gasteiger partial charge in [-0.3, -0.25) is 10.4 Å². The molecule has 9 heteroatoms. The van der Waals surface area contributed by atoms with Crippen LogP contribution < -0.4 is 20.2 Å². The molecule has 2 aromatic carbocycles. The second-order valence-corrected chi connectivity index (χ2v) is 9.81. The zero-order valence-corrected chi connectivity index (χ0v) is 22.8. The van der Waals surface area contributed by atoms with E-state index in [-0.39, 0.29) is 6.61 Å². The van der Waals surface area contributed by atoms with Gasteiger partial charge >= 0.3 is 5.97 Å². The van der Waals surface area contributed by atoms with Gasteiger partial charge in [0, 0.05) is 35.6 Å². The van der Waals surface area contributed by atoms with Crippen molar-refractivity contribution in [3.8, 4) is 11.5 Å². The SMILES string of the molecule is CCOC(=O)COc1ccc2c(c1)/C(=N/NC(=S)Nc1ccc(C(C)C)cc1)CC(C)(c1cccnc1)O2. The highest BCUT2D eigenvalue weighted by molar-refractivity contribution is 7.80. The summed E-state index contributed by atoms with van der Waals surface area (Å²) in [6, 6.07) is 17.4. The molecule has 0 spiro atoms. The summed E-state index contributed by atoms with van der Waals surface area (Å²) in [5.74, 6) is 1.16. The molecule has 8 nitrogen and oxygen atoms in total. The Bertz CT molecular complexity index is 1310. The van der Waals surface area contributed by atoms with Gasteiger partial charge in [0.05, 0.1) is 12.3 Å². The highest BCUT2D eigenvalue weighted by Crippen LogP contribution is 2.40. The van der Waals surface area contributed by atoms with Crippen molar-refractivity contribution in [2.45, 2.75) is 45.6 Å². The van der Waals surface area contributed by atoms with E-state index in [2.05, 4.69) is 46.8 Å². The summed E-state index contributed by atoms with van der Waals surface area (Å²) in [5, 5.41) is 8.21. The minimum Gasteiger partial charge on any atom is -0.482 e. The number of nitrogens with one attached hydrogen (secondary N) is 2. The van der Waals surface area contributed by atoms with Crippen molar-refractivity contribution >= 4 is 34.7 Å². The number of hydrazone groups is 1. The summed E-state index contributed by atoms with van der Waals surface area (Å²) >= 11 is 5.51. The number of rotatable bonds is 8. The number of fused-ring (bicyclic) bond motifs is 1. The first-order valence-corrected chi connectivity index (χ1v) is 12.9. The van der Waals surface area contributed by atoms with E-state index in [0.29, 0.717) is 35.6 Å². The number of carbonyl (C=O) groups excluding carboxylic acids is 1. The second-order valence-electron chi connectivity index (χ2n) is 9.40. The molecule has 1 aliphatic heterocycles. The number of ether oxygens (including phenoxy) is 3. The summed E-state index contributed by atoms with van der Waals surface area (Å²) in [6.45, 7) is 8.18. The van der Waals surface area contributed by atoms with Crippen molar-refractivity contribution in [2.24, 2.45) is 5.10 Å². The number of nitrogens with zero attached hydrogens (tertiary/aromatic N) is 2. The first-order valence-electron chi connectivity index (χ1n) is 12.5. The summed E-state index contributed by atoms with van der Waals surface area (Å²) < 4.78 is 17.0. The fourth-order valence-corrected chi connectivity index (χ4v) is 4.28. The van der Waals surface area contributed by atoms with Crippen LogP contribution in [-0.2, 0) is 15.1 Å². The third-order valence-electron chi connectivity index (χ3n) is 6.16. The highest BCUT2D eigenvalue weighted by Gasteiger charge is 2.37. The van der Waals surface area contributed by atoms with Gasteiger partial charge in [-0.2, -0.15) is 5.10 Å². The number of esters is 1. The van der Waals surface area contributed by atoms with Crippen LogP contribution in [0, 0.1) is 0 Å². The lowest BCUT2D eigenvalue weighted by atomic mass is 9.86. The van der Waals surface area contributed by atoms with Crippen molar-refractivity contribution in [3.05, 3.63) is 83.7 Å². The van der Waals surface area contributed by atoms with Crippen molar-refractivity contribution in [2.75, 3.05) is 18.5 Å². The van der Waals surface area contributed by atoms with Crippen molar-refractivity contribution in [1.82, 2.24) is 10.4 Å². The first-order chi connectivity index (χ1) is 18.3. The van der Waals surface area contributed by atoms with Gasteiger partial charge in [-0.1, -0.05) is 32.0 Å². The van der Waals surface area contributed by atoms with E-state index >= 15 is 0 Å². The van der Waals surface area contributed by atoms with Crippen molar-refractivity contribution < 1.29 is 19.0 Å². The molecule has 0 aliphatic carbocycles. The van der Waals surface area contributed by atoms with E-state index in [1.807, 2.05) is 37.3 Å². The van der Waals surface area contributed by atoms with Crippen LogP contribution in [0.4, 0.5) is 5.69 Å².